The van der Waals surface area contributed by atoms with Crippen LogP contribution in [-0.4, -0.2) is 31.8 Å². The number of amides is 1. The number of rotatable bonds is 7. The highest BCUT2D eigenvalue weighted by atomic mass is 16.1. The van der Waals surface area contributed by atoms with Crippen LogP contribution < -0.4 is 5.32 Å². The summed E-state index contributed by atoms with van der Waals surface area (Å²) in [4.78, 5) is 16.9. The van der Waals surface area contributed by atoms with Crippen LogP contribution in [0.2, 0.25) is 0 Å². The molecule has 126 valence electrons. The zero-order valence-corrected chi connectivity index (χ0v) is 14.1. The number of aryl methyl sites for hydroxylation is 1. The molecule has 3 rings (SSSR count). The second-order valence-corrected chi connectivity index (χ2v) is 6.09. The minimum absolute atomic E-state index is 0.0140. The fourth-order valence-electron chi connectivity index (χ4n) is 2.85. The molecule has 0 fully saturated rings. The minimum atomic E-state index is 0.0140. The molecule has 0 saturated heterocycles. The van der Waals surface area contributed by atoms with Crippen molar-refractivity contribution >= 4 is 16.9 Å². The van der Waals surface area contributed by atoms with Gasteiger partial charge in [0.05, 0.1) is 11.0 Å². The van der Waals surface area contributed by atoms with Crippen LogP contribution in [0.4, 0.5) is 0 Å². The van der Waals surface area contributed by atoms with Gasteiger partial charge < -0.3 is 9.88 Å². The van der Waals surface area contributed by atoms with Gasteiger partial charge in [0.1, 0.15) is 12.4 Å². The molecular formula is C18H23N5O. The Bertz CT molecular complexity index is 806. The van der Waals surface area contributed by atoms with Gasteiger partial charge in [-0.25, -0.2) is 4.98 Å². The maximum Gasteiger partial charge on any atom is 0.240 e. The number of nitrogens with zero attached hydrogens (tertiary/aromatic N) is 4. The molecule has 1 N–H and O–H groups in total. The van der Waals surface area contributed by atoms with Gasteiger partial charge in [0.2, 0.25) is 5.91 Å². The standard InChI is InChI=1S/C18H23N5O/c1-3-17-21-15-7-4-5-8-16(15)23(17)13-18(24)19-11-14(2)12-22-10-6-9-20-22/h4-10,14H,3,11-13H2,1-2H3,(H,19,24)/t14-/m1/s1. The van der Waals surface area contributed by atoms with Gasteiger partial charge in [-0.15, -0.1) is 0 Å². The average molecular weight is 325 g/mol. The third kappa shape index (κ3) is 3.64. The molecular weight excluding hydrogens is 302 g/mol. The zero-order chi connectivity index (χ0) is 16.9. The summed E-state index contributed by atoms with van der Waals surface area (Å²) in [6.45, 7) is 5.89. The Labute approximate surface area is 141 Å². The zero-order valence-electron chi connectivity index (χ0n) is 14.1. The Morgan fingerprint density at radius 3 is 2.88 bits per heavy atom. The van der Waals surface area contributed by atoms with E-state index in [1.807, 2.05) is 45.8 Å². The van der Waals surface area contributed by atoms with Crippen LogP contribution in [0.1, 0.15) is 19.7 Å². The lowest BCUT2D eigenvalue weighted by Crippen LogP contribution is -2.33. The number of nitrogens with one attached hydrogen (secondary N) is 1. The Morgan fingerprint density at radius 2 is 2.12 bits per heavy atom. The van der Waals surface area contributed by atoms with Crippen molar-refractivity contribution in [3.8, 4) is 0 Å². The van der Waals surface area contributed by atoms with Crippen LogP contribution in [0.25, 0.3) is 11.0 Å². The summed E-state index contributed by atoms with van der Waals surface area (Å²) in [6, 6.07) is 9.84. The monoisotopic (exact) mass is 325 g/mol. The first-order valence-corrected chi connectivity index (χ1v) is 8.35. The van der Waals surface area contributed by atoms with E-state index < -0.39 is 0 Å². The quantitative estimate of drug-likeness (QED) is 0.724. The van der Waals surface area contributed by atoms with E-state index in [0.29, 0.717) is 19.0 Å². The number of para-hydroxylation sites is 2. The number of benzene rings is 1. The minimum Gasteiger partial charge on any atom is -0.354 e. The van der Waals surface area contributed by atoms with Crippen LogP contribution in [0.3, 0.4) is 0 Å². The van der Waals surface area contributed by atoms with Crippen molar-refractivity contribution in [3.63, 3.8) is 0 Å². The van der Waals surface area contributed by atoms with E-state index in [1.54, 1.807) is 6.20 Å². The summed E-state index contributed by atoms with van der Waals surface area (Å²) in [7, 11) is 0. The van der Waals surface area contributed by atoms with Crippen LogP contribution in [0.5, 0.6) is 0 Å². The second-order valence-electron chi connectivity index (χ2n) is 6.09. The van der Waals surface area contributed by atoms with Crippen LogP contribution >= 0.6 is 0 Å². The average Bonchev–Trinajstić information content (AvgIpc) is 3.21. The molecule has 1 atom stereocenters. The molecule has 2 heterocycles. The highest BCUT2D eigenvalue weighted by Crippen LogP contribution is 2.16. The normalized spacial score (nSPS) is 12.4. The highest BCUT2D eigenvalue weighted by Gasteiger charge is 2.13. The van der Waals surface area contributed by atoms with Gasteiger partial charge in [-0.1, -0.05) is 26.0 Å². The number of carbonyl (C=O) groups is 1. The van der Waals surface area contributed by atoms with E-state index in [9.17, 15) is 4.79 Å². The number of fused-ring (bicyclic) bond motifs is 1. The van der Waals surface area contributed by atoms with E-state index >= 15 is 0 Å². The second kappa shape index (κ2) is 7.29. The van der Waals surface area contributed by atoms with Crippen molar-refractivity contribution in [2.24, 2.45) is 5.92 Å². The fourth-order valence-corrected chi connectivity index (χ4v) is 2.85. The Hall–Kier alpha value is -2.63. The maximum absolute atomic E-state index is 12.3. The smallest absolute Gasteiger partial charge is 0.240 e. The lowest BCUT2D eigenvalue weighted by Gasteiger charge is -2.14. The lowest BCUT2D eigenvalue weighted by molar-refractivity contribution is -0.121. The summed E-state index contributed by atoms with van der Waals surface area (Å²) in [5.74, 6) is 1.27. The molecule has 24 heavy (non-hydrogen) atoms. The van der Waals surface area contributed by atoms with E-state index in [4.69, 9.17) is 0 Å². The topological polar surface area (TPSA) is 64.7 Å². The third-order valence-corrected chi connectivity index (χ3v) is 4.06. The number of hydrogen-bond donors (Lipinski definition) is 1. The predicted octanol–water partition coefficient (Wildman–Crippen LogP) is 2.25. The fraction of sp³-hybridized carbons (Fsp3) is 0.389. The van der Waals surface area contributed by atoms with Crippen molar-refractivity contribution in [2.45, 2.75) is 33.4 Å². The van der Waals surface area contributed by atoms with Crippen LogP contribution in [0.15, 0.2) is 42.7 Å². The van der Waals surface area contributed by atoms with Gasteiger partial charge in [-0.3, -0.25) is 9.48 Å². The summed E-state index contributed by atoms with van der Waals surface area (Å²) >= 11 is 0. The third-order valence-electron chi connectivity index (χ3n) is 4.06. The van der Waals surface area contributed by atoms with E-state index in [-0.39, 0.29) is 5.91 Å². The van der Waals surface area contributed by atoms with Crippen LogP contribution in [-0.2, 0) is 24.3 Å². The maximum atomic E-state index is 12.3. The van der Waals surface area contributed by atoms with Gasteiger partial charge in [0.25, 0.3) is 0 Å². The Balaban J connectivity index is 1.60. The number of imidazole rings is 1. The van der Waals surface area contributed by atoms with Gasteiger partial charge in [0, 0.05) is 31.9 Å². The van der Waals surface area contributed by atoms with Crippen molar-refractivity contribution in [1.29, 1.82) is 0 Å². The van der Waals surface area contributed by atoms with Crippen LogP contribution in [0, 0.1) is 5.92 Å². The molecule has 6 heteroatoms. The van der Waals surface area contributed by atoms with Gasteiger partial charge in [-0.2, -0.15) is 5.10 Å². The molecule has 2 aromatic heterocycles. The SMILES string of the molecule is CCc1nc2ccccc2n1CC(=O)NC[C@@H](C)Cn1cccn1. The summed E-state index contributed by atoms with van der Waals surface area (Å²) < 4.78 is 3.89. The van der Waals surface area contributed by atoms with E-state index in [1.165, 1.54) is 0 Å². The number of aromatic nitrogens is 4. The number of hydrogen-bond acceptors (Lipinski definition) is 3. The largest absolute Gasteiger partial charge is 0.354 e. The summed E-state index contributed by atoms with van der Waals surface area (Å²) in [5, 5.41) is 7.21. The molecule has 1 amide bonds. The van der Waals surface area contributed by atoms with Crippen molar-refractivity contribution in [2.75, 3.05) is 6.54 Å². The molecule has 0 aliphatic carbocycles. The van der Waals surface area contributed by atoms with Crippen molar-refractivity contribution < 1.29 is 4.79 Å². The first-order valence-electron chi connectivity index (χ1n) is 8.35. The molecule has 0 unspecified atom stereocenters. The summed E-state index contributed by atoms with van der Waals surface area (Å²) in [6.07, 6.45) is 4.50. The molecule has 0 spiro atoms. The van der Waals surface area contributed by atoms with Gasteiger partial charge in [-0.05, 0) is 24.1 Å². The molecule has 0 saturated carbocycles. The van der Waals surface area contributed by atoms with Gasteiger partial charge in [0.15, 0.2) is 0 Å². The van der Waals surface area contributed by atoms with E-state index in [2.05, 4.69) is 29.2 Å². The Morgan fingerprint density at radius 1 is 1.29 bits per heavy atom. The molecule has 0 radical (unpaired) electrons. The molecule has 0 aliphatic rings. The first-order chi connectivity index (χ1) is 11.7. The van der Waals surface area contributed by atoms with Crippen molar-refractivity contribution in [3.05, 3.63) is 48.5 Å². The number of carbonyl (C=O) groups excluding carboxylic acids is 1. The Kier molecular flexibility index (Phi) is 4.93. The highest BCUT2D eigenvalue weighted by molar-refractivity contribution is 5.81. The summed E-state index contributed by atoms with van der Waals surface area (Å²) in [5.41, 5.74) is 1.95. The molecule has 3 aromatic rings. The van der Waals surface area contributed by atoms with Gasteiger partial charge >= 0.3 is 0 Å². The predicted molar refractivity (Wildman–Crippen MR) is 93.5 cm³/mol. The first kappa shape index (κ1) is 16.2. The lowest BCUT2D eigenvalue weighted by atomic mass is 10.2. The molecule has 0 aliphatic heterocycles. The molecule has 1 aromatic carbocycles. The molecule has 0 bridgehead atoms. The van der Waals surface area contributed by atoms with E-state index in [0.717, 1.165) is 29.8 Å². The molecule has 6 nitrogen and oxygen atoms in total. The van der Waals surface area contributed by atoms with Crippen molar-refractivity contribution in [1.82, 2.24) is 24.6 Å².